The molecule has 2 aromatic heterocycles. The molecule has 1 saturated carbocycles. The molecule has 2 aliphatic heterocycles. The second-order valence-corrected chi connectivity index (χ2v) is 10.3. The minimum Gasteiger partial charge on any atom is -0.356 e. The van der Waals surface area contributed by atoms with E-state index in [1.54, 1.807) is 6.33 Å². The van der Waals surface area contributed by atoms with E-state index in [1.165, 1.54) is 25.0 Å². The van der Waals surface area contributed by atoms with Crippen molar-refractivity contribution in [2.45, 2.75) is 51.7 Å². The molecule has 1 aliphatic carbocycles. The lowest BCUT2D eigenvalue weighted by Crippen LogP contribution is -2.43. The van der Waals surface area contributed by atoms with E-state index in [9.17, 15) is 13.2 Å². The Hall–Kier alpha value is -3.17. The zero-order valence-corrected chi connectivity index (χ0v) is 20.3. The van der Waals surface area contributed by atoms with Crippen molar-refractivity contribution in [3.63, 3.8) is 0 Å². The van der Waals surface area contributed by atoms with Gasteiger partial charge in [-0.05, 0) is 74.6 Å². The minimum atomic E-state index is -4.34. The number of piperidine rings is 1. The van der Waals surface area contributed by atoms with Crippen molar-refractivity contribution in [2.24, 2.45) is 17.8 Å². The van der Waals surface area contributed by atoms with Gasteiger partial charge in [0.2, 0.25) is 5.95 Å². The van der Waals surface area contributed by atoms with Crippen molar-refractivity contribution < 1.29 is 13.2 Å². The summed E-state index contributed by atoms with van der Waals surface area (Å²) in [5.74, 6) is 4.29. The summed E-state index contributed by atoms with van der Waals surface area (Å²) in [4.78, 5) is 18.1. The molecule has 3 aromatic rings. The molecule has 10 heteroatoms. The van der Waals surface area contributed by atoms with Gasteiger partial charge in [0.15, 0.2) is 5.82 Å². The summed E-state index contributed by atoms with van der Waals surface area (Å²) >= 11 is 0. The van der Waals surface area contributed by atoms with Gasteiger partial charge in [-0.25, -0.2) is 14.6 Å². The van der Waals surface area contributed by atoms with Crippen LogP contribution in [0.5, 0.6) is 0 Å². The number of halogens is 3. The molecule has 0 N–H and O–H groups in total. The number of aryl methyl sites for hydroxylation is 2. The summed E-state index contributed by atoms with van der Waals surface area (Å²) in [6.45, 7) is 5.46. The van der Waals surface area contributed by atoms with E-state index in [1.807, 2.05) is 16.5 Å². The van der Waals surface area contributed by atoms with Crippen LogP contribution >= 0.6 is 0 Å². The zero-order valence-electron chi connectivity index (χ0n) is 20.3. The fraction of sp³-hybridized carbons (Fsp3) is 0.538. The van der Waals surface area contributed by atoms with Gasteiger partial charge in [0.25, 0.3) is 0 Å². The van der Waals surface area contributed by atoms with Gasteiger partial charge in [0.05, 0.1) is 5.56 Å². The fourth-order valence-electron chi connectivity index (χ4n) is 6.20. The lowest BCUT2D eigenvalue weighted by atomic mass is 9.82. The number of anilines is 3. The average molecular weight is 498 g/mol. The van der Waals surface area contributed by atoms with E-state index in [0.717, 1.165) is 80.0 Å². The number of nitrogens with zero attached hydrogens (tertiary/aromatic N) is 7. The predicted molar refractivity (Wildman–Crippen MR) is 130 cm³/mol. The Kier molecular flexibility index (Phi) is 5.84. The zero-order chi connectivity index (χ0) is 24.9. The average Bonchev–Trinajstić information content (AvgIpc) is 3.25. The normalized spacial score (nSPS) is 24.1. The van der Waals surface area contributed by atoms with Crippen LogP contribution in [0.25, 0.3) is 0 Å². The van der Waals surface area contributed by atoms with Crippen LogP contribution in [0, 0.1) is 24.7 Å². The first-order valence-electron chi connectivity index (χ1n) is 12.8. The van der Waals surface area contributed by atoms with Crippen LogP contribution in [0.4, 0.5) is 30.6 Å². The van der Waals surface area contributed by atoms with Crippen molar-refractivity contribution in [3.8, 4) is 0 Å². The molecule has 4 heterocycles. The molecule has 190 valence electrons. The molecule has 1 aromatic carbocycles. The second-order valence-electron chi connectivity index (χ2n) is 10.3. The third-order valence-electron chi connectivity index (χ3n) is 8.01. The Morgan fingerprint density at radius 3 is 2.39 bits per heavy atom. The van der Waals surface area contributed by atoms with Crippen molar-refractivity contribution in [3.05, 3.63) is 53.7 Å². The molecular weight excluding hydrogens is 467 g/mol. The molecule has 3 atom stereocenters. The van der Waals surface area contributed by atoms with Gasteiger partial charge in [0.1, 0.15) is 12.1 Å². The first kappa shape index (κ1) is 23.2. The lowest BCUT2D eigenvalue weighted by Gasteiger charge is -2.38. The third kappa shape index (κ3) is 4.41. The molecule has 3 aliphatic rings. The largest absolute Gasteiger partial charge is 0.416 e. The minimum absolute atomic E-state index is 0.537. The smallest absolute Gasteiger partial charge is 0.356 e. The Balaban J connectivity index is 1.20. The van der Waals surface area contributed by atoms with Crippen LogP contribution < -0.4 is 9.80 Å². The van der Waals surface area contributed by atoms with Gasteiger partial charge < -0.3 is 9.80 Å². The predicted octanol–water partition coefficient (Wildman–Crippen LogP) is 5.03. The first-order valence-corrected chi connectivity index (χ1v) is 12.8. The quantitative estimate of drug-likeness (QED) is 0.504. The third-order valence-corrected chi connectivity index (χ3v) is 8.01. The first-order chi connectivity index (χ1) is 17.3. The van der Waals surface area contributed by atoms with Crippen molar-refractivity contribution >= 4 is 17.5 Å². The Morgan fingerprint density at radius 1 is 0.972 bits per heavy atom. The molecule has 2 fully saturated rings. The Labute approximate surface area is 208 Å². The SMILES string of the molecule is Cc1cc(N2C[C@H]3CC[C@@H](C2)C3Cc2nc3n(n2)CCCCN3c2ccc(C(F)(F)F)cc2)ncn1. The molecule has 0 spiro atoms. The maximum Gasteiger partial charge on any atom is 0.416 e. The molecular formula is C26H30F3N7. The molecule has 0 amide bonds. The standard InChI is InChI=1S/C26H30F3N7/c1-17-12-24(31-16-30-17)34-14-18-4-5-19(15-34)22(18)13-23-32-25-35(10-2-3-11-36(25)33-23)21-8-6-20(7-9-21)26(27,28)29/h6-9,12,16,18-19,22H,2-5,10-11,13-15H2,1H3/t18-,19+,22?. The number of rotatable bonds is 4. The number of alkyl halides is 3. The van der Waals surface area contributed by atoms with E-state index in [2.05, 4.69) is 20.9 Å². The van der Waals surface area contributed by atoms with Gasteiger partial charge in [-0.3, -0.25) is 0 Å². The number of fused-ring (bicyclic) bond motifs is 3. The van der Waals surface area contributed by atoms with E-state index >= 15 is 0 Å². The molecule has 1 unspecified atom stereocenters. The summed E-state index contributed by atoms with van der Waals surface area (Å²) in [6.07, 6.45) is 2.46. The maximum atomic E-state index is 13.0. The van der Waals surface area contributed by atoms with Crippen LogP contribution in [-0.2, 0) is 19.1 Å². The van der Waals surface area contributed by atoms with Gasteiger partial charge in [0, 0.05) is 50.0 Å². The van der Waals surface area contributed by atoms with Crippen molar-refractivity contribution in [1.29, 1.82) is 0 Å². The van der Waals surface area contributed by atoms with Crippen LogP contribution in [-0.4, -0.2) is 44.4 Å². The van der Waals surface area contributed by atoms with E-state index in [-0.39, 0.29) is 0 Å². The number of aromatic nitrogens is 5. The van der Waals surface area contributed by atoms with E-state index in [4.69, 9.17) is 10.1 Å². The topological polar surface area (TPSA) is 63.0 Å². The van der Waals surface area contributed by atoms with E-state index in [0.29, 0.717) is 24.3 Å². The second kappa shape index (κ2) is 9.05. The fourth-order valence-corrected chi connectivity index (χ4v) is 6.20. The highest BCUT2D eigenvalue weighted by atomic mass is 19.4. The highest BCUT2D eigenvalue weighted by Gasteiger charge is 2.43. The van der Waals surface area contributed by atoms with Crippen molar-refractivity contribution in [2.75, 3.05) is 29.4 Å². The highest BCUT2D eigenvalue weighted by molar-refractivity contribution is 5.58. The maximum absolute atomic E-state index is 13.0. The lowest BCUT2D eigenvalue weighted by molar-refractivity contribution is -0.137. The Bertz CT molecular complexity index is 1210. The highest BCUT2D eigenvalue weighted by Crippen LogP contribution is 2.44. The molecule has 1 saturated heterocycles. The summed E-state index contributed by atoms with van der Waals surface area (Å²) < 4.78 is 41.1. The molecule has 36 heavy (non-hydrogen) atoms. The van der Waals surface area contributed by atoms with Crippen LogP contribution in [0.2, 0.25) is 0 Å². The van der Waals surface area contributed by atoms with Gasteiger partial charge >= 0.3 is 6.18 Å². The van der Waals surface area contributed by atoms with Crippen LogP contribution in [0.1, 0.15) is 42.8 Å². The number of hydrogen-bond acceptors (Lipinski definition) is 6. The summed E-state index contributed by atoms with van der Waals surface area (Å²) in [7, 11) is 0. The molecule has 7 nitrogen and oxygen atoms in total. The van der Waals surface area contributed by atoms with Gasteiger partial charge in [-0.15, -0.1) is 0 Å². The summed E-state index contributed by atoms with van der Waals surface area (Å²) in [5, 5.41) is 4.87. The van der Waals surface area contributed by atoms with Crippen LogP contribution in [0.3, 0.4) is 0 Å². The molecule has 0 radical (unpaired) electrons. The number of hydrogen-bond donors (Lipinski definition) is 0. The van der Waals surface area contributed by atoms with Gasteiger partial charge in [-0.1, -0.05) is 0 Å². The molecule has 6 rings (SSSR count). The monoisotopic (exact) mass is 497 g/mol. The van der Waals surface area contributed by atoms with Crippen molar-refractivity contribution in [1.82, 2.24) is 24.7 Å². The molecule has 2 bridgehead atoms. The Morgan fingerprint density at radius 2 is 1.69 bits per heavy atom. The summed E-state index contributed by atoms with van der Waals surface area (Å²) in [5.41, 5.74) is 1.07. The van der Waals surface area contributed by atoms with Crippen LogP contribution in [0.15, 0.2) is 36.7 Å². The summed E-state index contributed by atoms with van der Waals surface area (Å²) in [6, 6.07) is 7.43. The number of benzene rings is 1. The van der Waals surface area contributed by atoms with E-state index < -0.39 is 11.7 Å². The van der Waals surface area contributed by atoms with Gasteiger partial charge in [-0.2, -0.15) is 23.3 Å².